The third-order valence-corrected chi connectivity index (χ3v) is 5.19. The van der Waals surface area contributed by atoms with Gasteiger partial charge in [-0.2, -0.15) is 4.98 Å². The van der Waals surface area contributed by atoms with Gasteiger partial charge in [-0.15, -0.1) is 0 Å². The number of ether oxygens (including phenoxy) is 1. The summed E-state index contributed by atoms with van der Waals surface area (Å²) in [7, 11) is 1.50. The van der Waals surface area contributed by atoms with Crippen LogP contribution < -0.4 is 15.8 Å². The van der Waals surface area contributed by atoms with Crippen molar-refractivity contribution < 1.29 is 9.53 Å². The Kier molecular flexibility index (Phi) is 4.65. The number of nitrogens with one attached hydrogen (secondary N) is 1. The number of nitrogen functional groups attached to an aromatic ring is 1. The first-order valence-corrected chi connectivity index (χ1v) is 9.24. The molecule has 142 valence electrons. The van der Waals surface area contributed by atoms with Crippen LogP contribution in [0.15, 0.2) is 54.7 Å². The van der Waals surface area contributed by atoms with Gasteiger partial charge in [-0.05, 0) is 48.2 Å². The van der Waals surface area contributed by atoms with Gasteiger partial charge >= 0.3 is 6.01 Å². The summed E-state index contributed by atoms with van der Waals surface area (Å²) >= 11 is 5.89. The fourth-order valence-electron chi connectivity index (χ4n) is 3.17. The highest BCUT2D eigenvalue weighted by molar-refractivity contribution is 6.30. The summed E-state index contributed by atoms with van der Waals surface area (Å²) in [6, 6.07) is 15.1. The maximum Gasteiger partial charge on any atom is 0.318 e. The van der Waals surface area contributed by atoms with Crippen LogP contribution in [-0.2, 0) is 5.54 Å². The molecular weight excluding hydrogens is 376 g/mol. The van der Waals surface area contributed by atoms with Crippen LogP contribution in [0.1, 0.15) is 28.8 Å². The fraction of sp³-hybridized carbons (Fsp3) is 0.190. The van der Waals surface area contributed by atoms with Crippen molar-refractivity contribution in [3.8, 4) is 17.1 Å². The minimum atomic E-state index is -0.322. The van der Waals surface area contributed by atoms with E-state index in [1.54, 1.807) is 30.5 Å². The van der Waals surface area contributed by atoms with Crippen molar-refractivity contribution in [1.82, 2.24) is 15.3 Å². The van der Waals surface area contributed by atoms with Gasteiger partial charge in [-0.3, -0.25) is 4.79 Å². The Labute approximate surface area is 167 Å². The normalized spacial score (nSPS) is 14.4. The third kappa shape index (κ3) is 3.51. The van der Waals surface area contributed by atoms with Gasteiger partial charge in [0.25, 0.3) is 5.91 Å². The molecule has 0 radical (unpaired) electrons. The summed E-state index contributed by atoms with van der Waals surface area (Å²) in [6.07, 6.45) is 3.45. The van der Waals surface area contributed by atoms with E-state index in [0.717, 1.165) is 29.5 Å². The lowest BCUT2D eigenvalue weighted by Gasteiger charge is -2.19. The van der Waals surface area contributed by atoms with Crippen LogP contribution in [0, 0.1) is 0 Å². The number of rotatable bonds is 5. The lowest BCUT2D eigenvalue weighted by Crippen LogP contribution is -2.34. The first-order chi connectivity index (χ1) is 13.5. The van der Waals surface area contributed by atoms with Crippen molar-refractivity contribution >= 4 is 23.3 Å². The lowest BCUT2D eigenvalue weighted by molar-refractivity contribution is 0.0931. The smallest absolute Gasteiger partial charge is 0.318 e. The molecule has 6 nitrogen and oxygen atoms in total. The van der Waals surface area contributed by atoms with Gasteiger partial charge in [0.1, 0.15) is 5.82 Å². The molecule has 1 heterocycles. The first kappa shape index (κ1) is 18.3. The molecule has 3 aromatic rings. The molecule has 0 aliphatic heterocycles. The summed E-state index contributed by atoms with van der Waals surface area (Å²) in [5.41, 5.74) is 8.99. The van der Waals surface area contributed by atoms with Gasteiger partial charge in [0, 0.05) is 22.3 Å². The molecule has 1 aliphatic rings. The van der Waals surface area contributed by atoms with E-state index in [9.17, 15) is 4.79 Å². The van der Waals surface area contributed by atoms with E-state index >= 15 is 0 Å². The number of nitrogens with zero attached hydrogens (tertiary/aromatic N) is 2. The van der Waals surface area contributed by atoms with Crippen LogP contribution in [0.5, 0.6) is 6.01 Å². The Hall–Kier alpha value is -3.12. The predicted molar refractivity (Wildman–Crippen MR) is 108 cm³/mol. The molecule has 1 amide bonds. The Morgan fingerprint density at radius 1 is 1.14 bits per heavy atom. The molecule has 0 unspecified atom stereocenters. The third-order valence-electron chi connectivity index (χ3n) is 4.94. The van der Waals surface area contributed by atoms with E-state index < -0.39 is 0 Å². The zero-order valence-electron chi connectivity index (χ0n) is 15.3. The van der Waals surface area contributed by atoms with Crippen molar-refractivity contribution in [2.75, 3.05) is 12.8 Å². The van der Waals surface area contributed by atoms with Crippen LogP contribution in [0.3, 0.4) is 0 Å². The largest absolute Gasteiger partial charge is 0.467 e. The Balaban J connectivity index is 1.53. The first-order valence-electron chi connectivity index (χ1n) is 8.86. The number of amides is 1. The highest BCUT2D eigenvalue weighted by atomic mass is 35.5. The summed E-state index contributed by atoms with van der Waals surface area (Å²) in [5.74, 6) is 0.253. The minimum Gasteiger partial charge on any atom is -0.467 e. The number of carbonyl (C=O) groups is 1. The second-order valence-electron chi connectivity index (χ2n) is 6.78. The highest BCUT2D eigenvalue weighted by Gasteiger charge is 2.45. The number of aromatic nitrogens is 2. The van der Waals surface area contributed by atoms with Crippen molar-refractivity contribution in [2.24, 2.45) is 0 Å². The van der Waals surface area contributed by atoms with Crippen LogP contribution in [0.25, 0.3) is 11.1 Å². The maximum atomic E-state index is 12.6. The number of methoxy groups -OCH3 is 1. The van der Waals surface area contributed by atoms with E-state index in [0.29, 0.717) is 16.4 Å². The molecule has 0 bridgehead atoms. The molecule has 1 fully saturated rings. The van der Waals surface area contributed by atoms with E-state index in [-0.39, 0.29) is 17.5 Å². The maximum absolute atomic E-state index is 12.6. The number of halogens is 1. The molecule has 1 aliphatic carbocycles. The van der Waals surface area contributed by atoms with Gasteiger partial charge < -0.3 is 15.8 Å². The van der Waals surface area contributed by atoms with Crippen molar-refractivity contribution in [2.45, 2.75) is 18.4 Å². The molecular formula is C21H19ClN4O2. The quantitative estimate of drug-likeness (QED) is 0.686. The van der Waals surface area contributed by atoms with Crippen LogP contribution in [0.4, 0.5) is 5.82 Å². The van der Waals surface area contributed by atoms with Crippen molar-refractivity contribution in [1.29, 1.82) is 0 Å². The summed E-state index contributed by atoms with van der Waals surface area (Å²) in [6.45, 7) is 0. The monoisotopic (exact) mass is 394 g/mol. The number of hydrogen-bond donors (Lipinski definition) is 2. The lowest BCUT2D eigenvalue weighted by atomic mass is 10.00. The molecule has 0 spiro atoms. The second kappa shape index (κ2) is 7.13. The zero-order valence-corrected chi connectivity index (χ0v) is 16.0. The molecule has 0 saturated heterocycles. The second-order valence-corrected chi connectivity index (χ2v) is 7.21. The number of carbonyl (C=O) groups excluding carboxylic acids is 1. The molecule has 7 heteroatoms. The van der Waals surface area contributed by atoms with Gasteiger partial charge in [-0.25, -0.2) is 4.98 Å². The fourth-order valence-corrected chi connectivity index (χ4v) is 3.30. The molecule has 4 rings (SSSR count). The zero-order chi connectivity index (χ0) is 19.7. The van der Waals surface area contributed by atoms with Crippen LogP contribution >= 0.6 is 11.6 Å². The average Bonchev–Trinajstić information content (AvgIpc) is 3.49. The van der Waals surface area contributed by atoms with Gasteiger partial charge in [0.05, 0.1) is 12.6 Å². The standard InChI is InChI=1S/C21H19ClN4O2/c1-28-20-24-12-17(18(23)25-20)13-2-6-15(7-3-13)21(10-11-21)26-19(27)14-4-8-16(22)9-5-14/h2-9,12H,10-11H2,1H3,(H,26,27)(H2,23,24,25). The summed E-state index contributed by atoms with van der Waals surface area (Å²) in [5, 5.41) is 3.76. The van der Waals surface area contributed by atoms with E-state index in [4.69, 9.17) is 22.1 Å². The van der Waals surface area contributed by atoms with Crippen molar-refractivity contribution in [3.05, 3.63) is 70.9 Å². The van der Waals surface area contributed by atoms with Crippen LogP contribution in [0.2, 0.25) is 5.02 Å². The Morgan fingerprint density at radius 3 is 2.39 bits per heavy atom. The predicted octanol–water partition coefficient (Wildman–Crippen LogP) is 3.81. The average molecular weight is 395 g/mol. The van der Waals surface area contributed by atoms with Crippen LogP contribution in [-0.4, -0.2) is 23.0 Å². The highest BCUT2D eigenvalue weighted by Crippen LogP contribution is 2.46. The summed E-state index contributed by atoms with van der Waals surface area (Å²) < 4.78 is 4.99. The van der Waals surface area contributed by atoms with Gasteiger partial charge in [0.2, 0.25) is 0 Å². The molecule has 3 N–H and O–H groups in total. The van der Waals surface area contributed by atoms with E-state index in [1.165, 1.54) is 7.11 Å². The minimum absolute atomic E-state index is 0.106. The molecule has 28 heavy (non-hydrogen) atoms. The number of benzene rings is 2. The Bertz CT molecular complexity index is 1020. The SMILES string of the molecule is COc1ncc(-c2ccc(C3(NC(=O)c4ccc(Cl)cc4)CC3)cc2)c(N)n1. The van der Waals surface area contributed by atoms with E-state index in [1.807, 2.05) is 24.3 Å². The molecule has 1 aromatic heterocycles. The van der Waals surface area contributed by atoms with E-state index in [2.05, 4.69) is 15.3 Å². The Morgan fingerprint density at radius 2 is 1.82 bits per heavy atom. The number of nitrogens with two attached hydrogens (primary N) is 1. The molecule has 1 saturated carbocycles. The topological polar surface area (TPSA) is 90.1 Å². The van der Waals surface area contributed by atoms with Gasteiger partial charge in [0.15, 0.2) is 0 Å². The number of hydrogen-bond acceptors (Lipinski definition) is 5. The molecule has 2 aromatic carbocycles. The van der Waals surface area contributed by atoms with Crippen molar-refractivity contribution in [3.63, 3.8) is 0 Å². The summed E-state index contributed by atoms with van der Waals surface area (Å²) in [4.78, 5) is 20.8. The molecule has 0 atom stereocenters. The van der Waals surface area contributed by atoms with Gasteiger partial charge in [-0.1, -0.05) is 35.9 Å². The number of anilines is 1.